The number of benzene rings is 1. The third-order valence-corrected chi connectivity index (χ3v) is 2.97. The molecule has 1 aromatic heterocycles. The zero-order valence-electron chi connectivity index (χ0n) is 14.1. The zero-order valence-corrected chi connectivity index (χ0v) is 14.1. The highest BCUT2D eigenvalue weighted by atomic mass is 16.5. The van der Waals surface area contributed by atoms with Crippen molar-refractivity contribution in [2.75, 3.05) is 17.7 Å². The molecule has 0 spiro atoms. The molecule has 0 aliphatic carbocycles. The monoisotopic (exact) mass is 328 g/mol. The van der Waals surface area contributed by atoms with Gasteiger partial charge in [-0.25, -0.2) is 14.8 Å². The molecule has 0 aliphatic heterocycles. The number of carbonyl (C=O) groups excluding carboxylic acids is 2. The lowest BCUT2D eigenvalue weighted by Gasteiger charge is -2.21. The number of amides is 1. The fraction of sp³-hybridized carbons (Fsp3) is 0.294. The molecule has 0 aliphatic rings. The molecule has 0 fully saturated rings. The maximum Gasteiger partial charge on any atom is 0.337 e. The Kier molecular flexibility index (Phi) is 5.13. The summed E-state index contributed by atoms with van der Waals surface area (Å²) in [7, 11) is 1.32. The summed E-state index contributed by atoms with van der Waals surface area (Å²) in [6.07, 6.45) is 1.34. The second-order valence-electron chi connectivity index (χ2n) is 6.19. The molecule has 2 aromatic rings. The lowest BCUT2D eigenvalue weighted by molar-refractivity contribution is 0.0600. The van der Waals surface area contributed by atoms with E-state index in [1.54, 1.807) is 30.3 Å². The highest BCUT2D eigenvalue weighted by Gasteiger charge is 2.14. The number of anilines is 2. The normalized spacial score (nSPS) is 10.8. The maximum absolute atomic E-state index is 12.3. The van der Waals surface area contributed by atoms with Gasteiger partial charge in [-0.3, -0.25) is 4.79 Å². The van der Waals surface area contributed by atoms with Crippen molar-refractivity contribution in [3.8, 4) is 0 Å². The Balaban J connectivity index is 2.09. The zero-order chi connectivity index (χ0) is 17.7. The van der Waals surface area contributed by atoms with Gasteiger partial charge in [-0.05, 0) is 45.0 Å². The molecule has 7 heteroatoms. The quantitative estimate of drug-likeness (QED) is 0.838. The number of nitrogens with one attached hydrogen (secondary N) is 2. The van der Waals surface area contributed by atoms with Crippen molar-refractivity contribution in [2.24, 2.45) is 0 Å². The highest BCUT2D eigenvalue weighted by molar-refractivity contribution is 6.03. The van der Waals surface area contributed by atoms with Crippen LogP contribution >= 0.6 is 0 Å². The van der Waals surface area contributed by atoms with Crippen LogP contribution in [0.5, 0.6) is 0 Å². The van der Waals surface area contributed by atoms with Crippen LogP contribution in [0.15, 0.2) is 36.7 Å². The maximum atomic E-state index is 12.3. The van der Waals surface area contributed by atoms with Crippen LogP contribution in [0.4, 0.5) is 11.5 Å². The van der Waals surface area contributed by atoms with Gasteiger partial charge in [-0.2, -0.15) is 0 Å². The van der Waals surface area contributed by atoms with E-state index >= 15 is 0 Å². The third kappa shape index (κ3) is 4.77. The molecule has 0 unspecified atom stereocenters. The van der Waals surface area contributed by atoms with Crippen molar-refractivity contribution in [1.29, 1.82) is 0 Å². The minimum absolute atomic E-state index is 0.175. The van der Waals surface area contributed by atoms with Gasteiger partial charge in [0, 0.05) is 17.3 Å². The van der Waals surface area contributed by atoms with Crippen molar-refractivity contribution in [2.45, 2.75) is 26.3 Å². The van der Waals surface area contributed by atoms with Crippen LogP contribution in [-0.4, -0.2) is 34.5 Å². The van der Waals surface area contributed by atoms with Crippen LogP contribution in [0.2, 0.25) is 0 Å². The van der Waals surface area contributed by atoms with Gasteiger partial charge in [0.2, 0.25) is 0 Å². The second-order valence-corrected chi connectivity index (χ2v) is 6.19. The number of nitrogens with zero attached hydrogens (tertiary/aromatic N) is 2. The highest BCUT2D eigenvalue weighted by Crippen LogP contribution is 2.14. The minimum Gasteiger partial charge on any atom is -0.465 e. The number of methoxy groups -OCH3 is 1. The van der Waals surface area contributed by atoms with E-state index < -0.39 is 5.97 Å². The van der Waals surface area contributed by atoms with Crippen molar-refractivity contribution in [3.05, 3.63) is 47.9 Å². The van der Waals surface area contributed by atoms with Crippen LogP contribution in [-0.2, 0) is 4.74 Å². The van der Waals surface area contributed by atoms with Crippen molar-refractivity contribution < 1.29 is 14.3 Å². The van der Waals surface area contributed by atoms with E-state index in [4.69, 9.17) is 0 Å². The van der Waals surface area contributed by atoms with Gasteiger partial charge in [0.25, 0.3) is 5.91 Å². The number of hydrogen-bond donors (Lipinski definition) is 2. The van der Waals surface area contributed by atoms with E-state index in [1.807, 2.05) is 20.8 Å². The predicted octanol–water partition coefficient (Wildman–Crippen LogP) is 2.73. The second kappa shape index (κ2) is 7.08. The Hall–Kier alpha value is -2.96. The van der Waals surface area contributed by atoms with Gasteiger partial charge >= 0.3 is 5.97 Å². The van der Waals surface area contributed by atoms with Crippen molar-refractivity contribution in [3.63, 3.8) is 0 Å². The average molecular weight is 328 g/mol. The van der Waals surface area contributed by atoms with Crippen LogP contribution < -0.4 is 10.6 Å². The van der Waals surface area contributed by atoms with Gasteiger partial charge in [-0.15, -0.1) is 0 Å². The number of hydrogen-bond acceptors (Lipinski definition) is 6. The van der Waals surface area contributed by atoms with E-state index in [0.717, 1.165) is 0 Å². The molecule has 2 rings (SSSR count). The number of aromatic nitrogens is 2. The summed E-state index contributed by atoms with van der Waals surface area (Å²) in [5, 5.41) is 5.91. The fourth-order valence-electron chi connectivity index (χ4n) is 1.94. The Morgan fingerprint density at radius 3 is 2.33 bits per heavy atom. The SMILES string of the molecule is COC(=O)c1ccc(NC(=O)c2cc(NC(C)(C)C)ncn2)cc1. The molecule has 1 aromatic carbocycles. The van der Waals surface area contributed by atoms with E-state index in [0.29, 0.717) is 17.1 Å². The Morgan fingerprint density at radius 1 is 1.08 bits per heavy atom. The van der Waals surface area contributed by atoms with Crippen molar-refractivity contribution >= 4 is 23.4 Å². The molecule has 126 valence electrons. The number of esters is 1. The smallest absolute Gasteiger partial charge is 0.337 e. The van der Waals surface area contributed by atoms with Gasteiger partial charge in [-0.1, -0.05) is 0 Å². The molecular formula is C17H20N4O3. The molecule has 1 amide bonds. The van der Waals surface area contributed by atoms with Crippen LogP contribution in [0.3, 0.4) is 0 Å². The van der Waals surface area contributed by atoms with Crippen molar-refractivity contribution in [1.82, 2.24) is 9.97 Å². The van der Waals surface area contributed by atoms with E-state index in [9.17, 15) is 9.59 Å². The first-order chi connectivity index (χ1) is 11.3. The number of carbonyl (C=O) groups is 2. The van der Waals surface area contributed by atoms with E-state index in [-0.39, 0.29) is 17.1 Å². The number of ether oxygens (including phenoxy) is 1. The van der Waals surface area contributed by atoms with Gasteiger partial charge < -0.3 is 15.4 Å². The summed E-state index contributed by atoms with van der Waals surface area (Å²) in [5.41, 5.74) is 1.03. The molecule has 0 bridgehead atoms. The van der Waals surface area contributed by atoms with Crippen LogP contribution in [0.1, 0.15) is 41.6 Å². The Labute approximate surface area is 140 Å². The first-order valence-corrected chi connectivity index (χ1v) is 7.38. The summed E-state index contributed by atoms with van der Waals surface area (Å²) in [6, 6.07) is 7.99. The van der Waals surface area contributed by atoms with Crippen LogP contribution in [0, 0.1) is 0 Å². The molecule has 2 N–H and O–H groups in total. The summed E-state index contributed by atoms with van der Waals surface area (Å²) >= 11 is 0. The molecule has 0 atom stereocenters. The van der Waals surface area contributed by atoms with Gasteiger partial charge in [0.1, 0.15) is 17.8 Å². The van der Waals surface area contributed by atoms with Gasteiger partial charge in [0.15, 0.2) is 0 Å². The number of rotatable bonds is 4. The standard InChI is InChI=1S/C17H20N4O3/c1-17(2,3)21-14-9-13(18-10-19-14)15(22)20-12-7-5-11(6-8-12)16(23)24-4/h5-10H,1-4H3,(H,20,22)(H,18,19,21). The summed E-state index contributed by atoms with van der Waals surface area (Å²) < 4.78 is 4.63. The molecule has 1 heterocycles. The third-order valence-electron chi connectivity index (χ3n) is 2.97. The lowest BCUT2D eigenvalue weighted by Crippen LogP contribution is -2.27. The molecular weight excluding hydrogens is 308 g/mol. The van der Waals surface area contributed by atoms with E-state index in [2.05, 4.69) is 25.3 Å². The van der Waals surface area contributed by atoms with E-state index in [1.165, 1.54) is 13.4 Å². The summed E-state index contributed by atoms with van der Waals surface area (Å²) in [6.45, 7) is 5.99. The predicted molar refractivity (Wildman–Crippen MR) is 91.1 cm³/mol. The molecule has 0 saturated heterocycles. The Morgan fingerprint density at radius 2 is 1.75 bits per heavy atom. The average Bonchev–Trinajstić information content (AvgIpc) is 2.53. The first-order valence-electron chi connectivity index (χ1n) is 7.38. The molecule has 0 radical (unpaired) electrons. The molecule has 24 heavy (non-hydrogen) atoms. The first kappa shape index (κ1) is 17.4. The minimum atomic E-state index is -0.429. The molecule has 0 saturated carbocycles. The summed E-state index contributed by atoms with van der Waals surface area (Å²) in [5.74, 6) is -0.217. The molecule has 7 nitrogen and oxygen atoms in total. The Bertz CT molecular complexity index is 736. The van der Waals surface area contributed by atoms with Gasteiger partial charge in [0.05, 0.1) is 12.7 Å². The van der Waals surface area contributed by atoms with Crippen LogP contribution in [0.25, 0.3) is 0 Å². The fourth-order valence-corrected chi connectivity index (χ4v) is 1.94. The largest absolute Gasteiger partial charge is 0.465 e. The topological polar surface area (TPSA) is 93.2 Å². The lowest BCUT2D eigenvalue weighted by atomic mass is 10.1. The summed E-state index contributed by atoms with van der Waals surface area (Å²) in [4.78, 5) is 31.8.